The minimum atomic E-state index is 0.863. The minimum absolute atomic E-state index is 0.863. The summed E-state index contributed by atoms with van der Waals surface area (Å²) < 4.78 is 2.08. The van der Waals surface area contributed by atoms with Crippen molar-refractivity contribution in [1.82, 2.24) is 15.1 Å². The Morgan fingerprint density at radius 1 is 1.33 bits per heavy atom. The van der Waals surface area contributed by atoms with E-state index in [1.54, 1.807) is 0 Å². The predicted molar refractivity (Wildman–Crippen MR) is 80.1 cm³/mol. The summed E-state index contributed by atoms with van der Waals surface area (Å²) in [7, 11) is 0. The number of aryl methyl sites for hydroxylation is 1. The van der Waals surface area contributed by atoms with Crippen LogP contribution in [-0.4, -0.2) is 28.3 Å². The lowest BCUT2D eigenvalue weighted by Crippen LogP contribution is -2.16. The van der Waals surface area contributed by atoms with E-state index in [0.717, 1.165) is 25.3 Å². The Balaban J connectivity index is 2.04. The van der Waals surface area contributed by atoms with Crippen LogP contribution in [0.1, 0.15) is 19.0 Å². The Morgan fingerprint density at radius 3 is 2.94 bits per heavy atom. The lowest BCUT2D eigenvalue weighted by molar-refractivity contribution is 0.628. The van der Waals surface area contributed by atoms with Crippen LogP contribution in [0.5, 0.6) is 0 Å². The zero-order chi connectivity index (χ0) is 12.8. The van der Waals surface area contributed by atoms with Crippen LogP contribution >= 0.6 is 11.8 Å². The Morgan fingerprint density at radius 2 is 2.17 bits per heavy atom. The van der Waals surface area contributed by atoms with Gasteiger partial charge in [0.15, 0.2) is 0 Å². The zero-order valence-electron chi connectivity index (χ0n) is 11.1. The number of thioether (sulfide) groups is 1. The molecule has 4 heteroatoms. The molecular weight excluding hydrogens is 242 g/mol. The van der Waals surface area contributed by atoms with Crippen LogP contribution in [0.15, 0.2) is 24.3 Å². The van der Waals surface area contributed by atoms with Gasteiger partial charge in [0.05, 0.1) is 11.2 Å². The van der Waals surface area contributed by atoms with Gasteiger partial charge >= 0.3 is 0 Å². The number of fused-ring (bicyclic) bond motifs is 1. The fourth-order valence-electron chi connectivity index (χ4n) is 2.12. The van der Waals surface area contributed by atoms with Crippen molar-refractivity contribution in [2.45, 2.75) is 26.4 Å². The summed E-state index contributed by atoms with van der Waals surface area (Å²) >= 11 is 1.90. The third-order valence-electron chi connectivity index (χ3n) is 3.03. The zero-order valence-corrected chi connectivity index (χ0v) is 12.0. The number of aromatic nitrogens is 2. The van der Waals surface area contributed by atoms with Crippen molar-refractivity contribution >= 4 is 22.7 Å². The number of hydrogen-bond donors (Lipinski definition) is 1. The number of nitrogens with one attached hydrogen (secondary N) is 1. The first-order valence-corrected chi connectivity index (χ1v) is 7.90. The second-order valence-electron chi connectivity index (χ2n) is 4.30. The smallest absolute Gasteiger partial charge is 0.0841 e. The number of nitrogens with zero attached hydrogens (tertiary/aromatic N) is 2. The fraction of sp³-hybridized carbons (Fsp3) is 0.500. The Hall–Kier alpha value is -1.00. The van der Waals surface area contributed by atoms with Crippen LogP contribution in [0.2, 0.25) is 0 Å². The standard InChI is InChI=1S/C14H21N3S/c1-3-17-14-8-5-4-7-12(14)13(16-17)11-15-9-6-10-18-2/h4-5,7-8,15H,3,6,9-11H2,1-2H3. The topological polar surface area (TPSA) is 29.9 Å². The molecule has 0 aliphatic heterocycles. The van der Waals surface area contributed by atoms with Gasteiger partial charge in [0.25, 0.3) is 0 Å². The molecule has 1 heterocycles. The van der Waals surface area contributed by atoms with Crippen molar-refractivity contribution in [3.63, 3.8) is 0 Å². The van der Waals surface area contributed by atoms with E-state index < -0.39 is 0 Å². The maximum atomic E-state index is 4.67. The molecule has 1 aromatic carbocycles. The molecule has 0 fully saturated rings. The molecule has 0 spiro atoms. The van der Waals surface area contributed by atoms with Crippen LogP contribution in [0.3, 0.4) is 0 Å². The molecule has 2 rings (SSSR count). The van der Waals surface area contributed by atoms with Gasteiger partial charge in [-0.3, -0.25) is 4.68 Å². The molecule has 3 nitrogen and oxygen atoms in total. The van der Waals surface area contributed by atoms with E-state index in [0.29, 0.717) is 0 Å². The minimum Gasteiger partial charge on any atom is -0.311 e. The molecule has 18 heavy (non-hydrogen) atoms. The molecule has 1 aromatic heterocycles. The maximum Gasteiger partial charge on any atom is 0.0841 e. The monoisotopic (exact) mass is 263 g/mol. The molecular formula is C14H21N3S. The van der Waals surface area contributed by atoms with Crippen molar-refractivity contribution in [3.05, 3.63) is 30.0 Å². The van der Waals surface area contributed by atoms with Crippen LogP contribution in [0, 0.1) is 0 Å². The van der Waals surface area contributed by atoms with Gasteiger partial charge in [-0.25, -0.2) is 0 Å². The van der Waals surface area contributed by atoms with Crippen molar-refractivity contribution in [2.75, 3.05) is 18.6 Å². The molecule has 0 saturated heterocycles. The van der Waals surface area contributed by atoms with Gasteiger partial charge in [0, 0.05) is 18.5 Å². The molecule has 0 atom stereocenters. The second-order valence-corrected chi connectivity index (χ2v) is 5.29. The first-order chi connectivity index (χ1) is 8.86. The van der Waals surface area contributed by atoms with E-state index in [2.05, 4.69) is 52.5 Å². The fourth-order valence-corrected chi connectivity index (χ4v) is 2.55. The lowest BCUT2D eigenvalue weighted by atomic mass is 10.2. The highest BCUT2D eigenvalue weighted by Crippen LogP contribution is 2.18. The number of benzene rings is 1. The van der Waals surface area contributed by atoms with Crippen LogP contribution in [-0.2, 0) is 13.1 Å². The average Bonchev–Trinajstić information content (AvgIpc) is 2.77. The van der Waals surface area contributed by atoms with Gasteiger partial charge < -0.3 is 5.32 Å². The highest BCUT2D eigenvalue weighted by molar-refractivity contribution is 7.98. The van der Waals surface area contributed by atoms with Crippen molar-refractivity contribution < 1.29 is 0 Å². The third kappa shape index (κ3) is 3.06. The molecule has 2 aromatic rings. The highest BCUT2D eigenvalue weighted by atomic mass is 32.2. The second kappa shape index (κ2) is 6.81. The van der Waals surface area contributed by atoms with E-state index in [9.17, 15) is 0 Å². The summed E-state index contributed by atoms with van der Waals surface area (Å²) in [5, 5.41) is 9.43. The summed E-state index contributed by atoms with van der Waals surface area (Å²) in [6, 6.07) is 8.46. The average molecular weight is 263 g/mol. The van der Waals surface area contributed by atoms with Gasteiger partial charge in [-0.05, 0) is 38.0 Å². The normalized spacial score (nSPS) is 11.2. The van der Waals surface area contributed by atoms with E-state index in [1.807, 2.05) is 11.8 Å². The lowest BCUT2D eigenvalue weighted by Gasteiger charge is -2.01. The molecule has 1 N–H and O–H groups in total. The molecule has 0 unspecified atom stereocenters. The van der Waals surface area contributed by atoms with Crippen LogP contribution < -0.4 is 5.32 Å². The summed E-state index contributed by atoms with van der Waals surface area (Å²) in [4.78, 5) is 0. The summed E-state index contributed by atoms with van der Waals surface area (Å²) in [6.07, 6.45) is 3.37. The van der Waals surface area contributed by atoms with Gasteiger partial charge in [0.2, 0.25) is 0 Å². The Kier molecular flexibility index (Phi) is 5.08. The van der Waals surface area contributed by atoms with Crippen LogP contribution in [0.25, 0.3) is 10.9 Å². The molecule has 0 aliphatic carbocycles. The first kappa shape index (κ1) is 13.4. The van der Waals surface area contributed by atoms with Crippen molar-refractivity contribution in [2.24, 2.45) is 0 Å². The molecule has 0 saturated carbocycles. The summed E-state index contributed by atoms with van der Waals surface area (Å²) in [5.74, 6) is 1.22. The molecule has 0 bridgehead atoms. The van der Waals surface area contributed by atoms with Gasteiger partial charge in [0.1, 0.15) is 0 Å². The molecule has 0 amide bonds. The number of rotatable bonds is 7. The maximum absolute atomic E-state index is 4.67. The number of para-hydroxylation sites is 1. The van der Waals surface area contributed by atoms with E-state index in [-0.39, 0.29) is 0 Å². The number of hydrogen-bond acceptors (Lipinski definition) is 3. The van der Waals surface area contributed by atoms with Gasteiger partial charge in [-0.1, -0.05) is 18.2 Å². The Bertz CT molecular complexity index is 493. The highest BCUT2D eigenvalue weighted by Gasteiger charge is 2.07. The molecule has 0 aliphatic rings. The largest absolute Gasteiger partial charge is 0.311 e. The van der Waals surface area contributed by atoms with Gasteiger partial charge in [-0.15, -0.1) is 0 Å². The van der Waals surface area contributed by atoms with Crippen molar-refractivity contribution in [3.8, 4) is 0 Å². The summed E-state index contributed by atoms with van der Waals surface area (Å²) in [5.41, 5.74) is 2.40. The van der Waals surface area contributed by atoms with Crippen molar-refractivity contribution in [1.29, 1.82) is 0 Å². The predicted octanol–water partition coefficient (Wildman–Crippen LogP) is 2.90. The molecule has 98 valence electrons. The van der Waals surface area contributed by atoms with E-state index in [1.165, 1.54) is 23.1 Å². The van der Waals surface area contributed by atoms with E-state index >= 15 is 0 Å². The quantitative estimate of drug-likeness (QED) is 0.779. The van der Waals surface area contributed by atoms with Gasteiger partial charge in [-0.2, -0.15) is 16.9 Å². The van der Waals surface area contributed by atoms with E-state index in [4.69, 9.17) is 0 Å². The first-order valence-electron chi connectivity index (χ1n) is 6.51. The van der Waals surface area contributed by atoms with Crippen LogP contribution in [0.4, 0.5) is 0 Å². The Labute approximate surface area is 113 Å². The molecule has 0 radical (unpaired) electrons. The third-order valence-corrected chi connectivity index (χ3v) is 3.73. The summed E-state index contributed by atoms with van der Waals surface area (Å²) in [6.45, 7) is 4.98. The SMILES string of the molecule is CCn1nc(CNCCCSC)c2ccccc21.